The molecule has 0 spiro atoms. The SMILES string of the molecule is Cc1cc(C)c(C)c(-c2c3sc(-c4ccc5c(c4)CCC(F)(F)C5)c(C)c3cc[n+]2C)c1. The number of aromatic nitrogens is 1. The van der Waals surface area contributed by atoms with Crippen molar-refractivity contribution in [2.45, 2.75) is 52.9 Å². The lowest BCUT2D eigenvalue weighted by molar-refractivity contribution is -0.659. The molecule has 1 aliphatic rings. The van der Waals surface area contributed by atoms with Crippen molar-refractivity contribution in [3.8, 4) is 21.7 Å². The molecule has 0 unspecified atom stereocenters. The van der Waals surface area contributed by atoms with Crippen molar-refractivity contribution in [1.29, 1.82) is 0 Å². The first kappa shape index (κ1) is 21.3. The van der Waals surface area contributed by atoms with Gasteiger partial charge in [-0.15, -0.1) is 11.3 Å². The van der Waals surface area contributed by atoms with Crippen LogP contribution in [0.15, 0.2) is 42.6 Å². The third-order valence-electron chi connectivity index (χ3n) is 6.97. The molecule has 0 fully saturated rings. The van der Waals surface area contributed by atoms with Crippen LogP contribution >= 0.6 is 11.3 Å². The number of rotatable bonds is 2. The van der Waals surface area contributed by atoms with Crippen molar-refractivity contribution >= 4 is 21.4 Å². The van der Waals surface area contributed by atoms with Gasteiger partial charge in [-0.3, -0.25) is 0 Å². The molecule has 0 N–H and O–H groups in total. The van der Waals surface area contributed by atoms with E-state index in [1.807, 2.05) is 23.5 Å². The number of pyridine rings is 1. The quantitative estimate of drug-likeness (QED) is 0.281. The summed E-state index contributed by atoms with van der Waals surface area (Å²) in [5, 5.41) is 1.26. The van der Waals surface area contributed by atoms with E-state index < -0.39 is 5.92 Å². The summed E-state index contributed by atoms with van der Waals surface area (Å²) in [4.78, 5) is 1.23. The Hall–Kier alpha value is -2.59. The van der Waals surface area contributed by atoms with E-state index in [2.05, 4.69) is 69.8 Å². The van der Waals surface area contributed by atoms with Crippen LogP contribution in [0.1, 0.15) is 39.8 Å². The Morgan fingerprint density at radius 2 is 1.72 bits per heavy atom. The van der Waals surface area contributed by atoms with Gasteiger partial charge in [0.25, 0.3) is 5.92 Å². The summed E-state index contributed by atoms with van der Waals surface area (Å²) >= 11 is 1.81. The van der Waals surface area contributed by atoms with E-state index in [1.54, 1.807) is 0 Å². The molecule has 2 aromatic heterocycles. The highest BCUT2D eigenvalue weighted by Crippen LogP contribution is 2.43. The fourth-order valence-corrected chi connectivity index (χ4v) is 6.45. The third kappa shape index (κ3) is 3.45. The molecule has 0 aliphatic heterocycles. The van der Waals surface area contributed by atoms with Crippen LogP contribution in [0.3, 0.4) is 0 Å². The topological polar surface area (TPSA) is 3.88 Å². The molecule has 0 amide bonds. The average molecular weight is 449 g/mol. The van der Waals surface area contributed by atoms with Crippen LogP contribution in [0, 0.1) is 27.7 Å². The zero-order chi connectivity index (χ0) is 22.8. The van der Waals surface area contributed by atoms with Crippen molar-refractivity contribution in [3.05, 3.63) is 76.0 Å². The Balaban J connectivity index is 1.70. The lowest BCUT2D eigenvalue weighted by Crippen LogP contribution is -2.30. The molecule has 2 aromatic carbocycles. The molecule has 4 aromatic rings. The van der Waals surface area contributed by atoms with Gasteiger partial charge in [0, 0.05) is 29.2 Å². The van der Waals surface area contributed by atoms with Gasteiger partial charge in [0.1, 0.15) is 11.7 Å². The fourth-order valence-electron chi connectivity index (χ4n) is 5.05. The minimum atomic E-state index is -2.57. The number of nitrogens with zero attached hydrogens (tertiary/aromatic N) is 1. The predicted molar refractivity (Wildman–Crippen MR) is 130 cm³/mol. The van der Waals surface area contributed by atoms with Crippen LogP contribution in [-0.4, -0.2) is 5.92 Å². The maximum atomic E-state index is 13.8. The Labute approximate surface area is 192 Å². The second-order valence-corrected chi connectivity index (χ2v) is 10.4. The van der Waals surface area contributed by atoms with Crippen LogP contribution in [0.4, 0.5) is 8.78 Å². The van der Waals surface area contributed by atoms with E-state index >= 15 is 0 Å². The predicted octanol–water partition coefficient (Wildman–Crippen LogP) is 7.42. The van der Waals surface area contributed by atoms with E-state index in [9.17, 15) is 8.78 Å². The molecule has 0 atom stereocenters. The maximum Gasteiger partial charge on any atom is 0.252 e. The monoisotopic (exact) mass is 448 g/mol. The number of aryl methyl sites for hydroxylation is 5. The highest BCUT2D eigenvalue weighted by Gasteiger charge is 2.34. The Kier molecular flexibility index (Phi) is 4.97. The summed E-state index contributed by atoms with van der Waals surface area (Å²) in [5.74, 6) is -2.57. The molecule has 0 bridgehead atoms. The van der Waals surface area contributed by atoms with E-state index in [0.717, 1.165) is 16.7 Å². The van der Waals surface area contributed by atoms with E-state index in [0.29, 0.717) is 6.42 Å². The minimum absolute atomic E-state index is 0.0547. The standard InChI is InChI=1S/C28H28F2NS/c1-16-12-17(2)18(3)24(13-16)25-27-23(9-11-31(25)5)19(4)26(32-27)21-6-7-22-15-28(29,30)10-8-20(22)14-21/h6-7,9,11-14H,8,10,15H2,1-5H3/q+1. The molecule has 32 heavy (non-hydrogen) atoms. The number of hydrogen-bond acceptors (Lipinski definition) is 1. The average Bonchev–Trinajstić information content (AvgIpc) is 3.06. The van der Waals surface area contributed by atoms with Gasteiger partial charge in [-0.05, 0) is 73.6 Å². The normalized spacial score (nSPS) is 15.2. The lowest BCUT2D eigenvalue weighted by Gasteiger charge is -2.24. The first-order chi connectivity index (χ1) is 15.1. The van der Waals surface area contributed by atoms with E-state index in [1.165, 1.54) is 48.5 Å². The Morgan fingerprint density at radius 3 is 2.50 bits per heavy atom. The number of fused-ring (bicyclic) bond motifs is 2. The second kappa shape index (κ2) is 7.48. The van der Waals surface area contributed by atoms with Gasteiger partial charge >= 0.3 is 0 Å². The zero-order valence-corrected chi connectivity index (χ0v) is 20.1. The second-order valence-electron chi connectivity index (χ2n) is 9.34. The summed E-state index contributed by atoms with van der Waals surface area (Å²) in [6, 6.07) is 12.8. The first-order valence-corrected chi connectivity index (χ1v) is 12.0. The molecule has 2 heterocycles. The smallest absolute Gasteiger partial charge is 0.207 e. The summed E-state index contributed by atoms with van der Waals surface area (Å²) in [6.45, 7) is 8.70. The van der Waals surface area contributed by atoms with Crippen LogP contribution in [0.2, 0.25) is 0 Å². The largest absolute Gasteiger partial charge is 0.252 e. The minimum Gasteiger partial charge on any atom is -0.207 e. The molecule has 164 valence electrons. The molecule has 0 saturated carbocycles. The van der Waals surface area contributed by atoms with Gasteiger partial charge in [-0.2, -0.15) is 4.57 Å². The van der Waals surface area contributed by atoms with Crippen molar-refractivity contribution in [2.75, 3.05) is 0 Å². The number of hydrogen-bond donors (Lipinski definition) is 0. The number of alkyl halides is 2. The summed E-state index contributed by atoms with van der Waals surface area (Å²) in [5.41, 5.74) is 10.6. The van der Waals surface area contributed by atoms with Crippen molar-refractivity contribution < 1.29 is 13.3 Å². The van der Waals surface area contributed by atoms with Gasteiger partial charge in [0.05, 0.1) is 5.56 Å². The molecular formula is C28H28F2NS+. The molecule has 1 nitrogen and oxygen atoms in total. The van der Waals surface area contributed by atoms with Crippen molar-refractivity contribution in [3.63, 3.8) is 0 Å². The number of thiophene rings is 1. The summed E-state index contributed by atoms with van der Waals surface area (Å²) in [6.07, 6.45) is 2.40. The van der Waals surface area contributed by atoms with Gasteiger partial charge < -0.3 is 0 Å². The van der Waals surface area contributed by atoms with Crippen LogP contribution < -0.4 is 4.57 Å². The molecule has 0 saturated heterocycles. The number of benzene rings is 2. The molecular weight excluding hydrogens is 420 g/mol. The van der Waals surface area contributed by atoms with Crippen LogP contribution in [0.5, 0.6) is 0 Å². The van der Waals surface area contributed by atoms with E-state index in [4.69, 9.17) is 0 Å². The summed E-state index contributed by atoms with van der Waals surface area (Å²) in [7, 11) is 2.11. The third-order valence-corrected chi connectivity index (χ3v) is 8.33. The van der Waals surface area contributed by atoms with E-state index in [-0.39, 0.29) is 12.8 Å². The molecule has 4 heteroatoms. The number of halogens is 2. The van der Waals surface area contributed by atoms with Gasteiger partial charge in [0.15, 0.2) is 6.20 Å². The highest BCUT2D eigenvalue weighted by molar-refractivity contribution is 7.23. The molecule has 1 aliphatic carbocycles. The van der Waals surface area contributed by atoms with Gasteiger partial charge in [-0.25, -0.2) is 8.78 Å². The Morgan fingerprint density at radius 1 is 0.938 bits per heavy atom. The highest BCUT2D eigenvalue weighted by atomic mass is 32.1. The maximum absolute atomic E-state index is 13.8. The zero-order valence-electron chi connectivity index (χ0n) is 19.3. The first-order valence-electron chi connectivity index (χ1n) is 11.1. The van der Waals surface area contributed by atoms with Crippen LogP contribution in [-0.2, 0) is 19.9 Å². The van der Waals surface area contributed by atoms with Gasteiger partial charge in [0.2, 0.25) is 5.69 Å². The lowest BCUT2D eigenvalue weighted by atomic mass is 9.87. The van der Waals surface area contributed by atoms with Crippen molar-refractivity contribution in [2.24, 2.45) is 7.05 Å². The molecule has 0 radical (unpaired) electrons. The molecule has 5 rings (SSSR count). The van der Waals surface area contributed by atoms with Crippen LogP contribution in [0.25, 0.3) is 31.8 Å². The van der Waals surface area contributed by atoms with Crippen molar-refractivity contribution in [1.82, 2.24) is 0 Å². The Bertz CT molecular complexity index is 1380. The van der Waals surface area contributed by atoms with Gasteiger partial charge in [-0.1, -0.05) is 29.8 Å². The fraction of sp³-hybridized carbons (Fsp3) is 0.321. The summed E-state index contributed by atoms with van der Waals surface area (Å²) < 4.78 is 31.2.